The van der Waals surface area contributed by atoms with E-state index in [0.717, 1.165) is 5.69 Å². The molecule has 0 spiro atoms. The highest BCUT2D eigenvalue weighted by molar-refractivity contribution is 6.31. The summed E-state index contributed by atoms with van der Waals surface area (Å²) >= 11 is 5.64. The van der Waals surface area contributed by atoms with Gasteiger partial charge in [0.2, 0.25) is 0 Å². The van der Waals surface area contributed by atoms with Crippen molar-refractivity contribution in [3.05, 3.63) is 64.7 Å². The van der Waals surface area contributed by atoms with Crippen molar-refractivity contribution in [2.24, 2.45) is 0 Å². The van der Waals surface area contributed by atoms with E-state index in [-0.39, 0.29) is 17.0 Å². The third kappa shape index (κ3) is 3.29. The summed E-state index contributed by atoms with van der Waals surface area (Å²) in [6.45, 7) is 1.82. The Morgan fingerprint density at radius 2 is 2.16 bits per heavy atom. The van der Waals surface area contributed by atoms with Crippen molar-refractivity contribution >= 4 is 17.5 Å². The average Bonchev–Trinajstić information content (AvgIpc) is 2.42. The summed E-state index contributed by atoms with van der Waals surface area (Å²) in [6, 6.07) is 9.10. The van der Waals surface area contributed by atoms with Gasteiger partial charge in [-0.05, 0) is 37.3 Å². The molecule has 0 aliphatic rings. The van der Waals surface area contributed by atoms with E-state index in [2.05, 4.69) is 10.3 Å². The number of halogens is 2. The predicted octanol–water partition coefficient (Wildman–Crippen LogP) is 3.37. The van der Waals surface area contributed by atoms with E-state index < -0.39 is 5.82 Å². The number of nitrogens with zero attached hydrogens (tertiary/aromatic N) is 1. The molecule has 0 radical (unpaired) electrons. The number of benzene rings is 1. The molecule has 1 amide bonds. The van der Waals surface area contributed by atoms with Crippen LogP contribution >= 0.6 is 11.6 Å². The molecule has 1 atom stereocenters. The Morgan fingerprint density at radius 3 is 2.79 bits per heavy atom. The molecule has 98 valence electrons. The molecule has 2 aromatic rings. The minimum absolute atomic E-state index is 0.0712. The predicted molar refractivity (Wildman–Crippen MR) is 71.5 cm³/mol. The van der Waals surface area contributed by atoms with Gasteiger partial charge >= 0.3 is 0 Å². The van der Waals surface area contributed by atoms with E-state index in [9.17, 15) is 9.18 Å². The lowest BCUT2D eigenvalue weighted by molar-refractivity contribution is 0.0939. The fraction of sp³-hybridized carbons (Fsp3) is 0.143. The van der Waals surface area contributed by atoms with Gasteiger partial charge in [-0.3, -0.25) is 9.78 Å². The Hall–Kier alpha value is -1.94. The van der Waals surface area contributed by atoms with E-state index in [1.807, 2.05) is 19.1 Å². The number of aromatic nitrogens is 1. The van der Waals surface area contributed by atoms with Gasteiger partial charge in [0.1, 0.15) is 5.82 Å². The molecule has 1 N–H and O–H groups in total. The van der Waals surface area contributed by atoms with Crippen molar-refractivity contribution in [3.63, 3.8) is 0 Å². The number of carbonyl (C=O) groups excluding carboxylic acids is 1. The van der Waals surface area contributed by atoms with Crippen LogP contribution in [-0.2, 0) is 0 Å². The van der Waals surface area contributed by atoms with Gasteiger partial charge in [0, 0.05) is 11.8 Å². The van der Waals surface area contributed by atoms with Crippen LogP contribution in [0, 0.1) is 5.82 Å². The number of rotatable bonds is 3. The van der Waals surface area contributed by atoms with Crippen LogP contribution < -0.4 is 5.32 Å². The summed E-state index contributed by atoms with van der Waals surface area (Å²) in [5, 5.41) is 2.71. The van der Waals surface area contributed by atoms with Crippen molar-refractivity contribution in [1.82, 2.24) is 10.3 Å². The largest absolute Gasteiger partial charge is 0.344 e. The van der Waals surface area contributed by atoms with Crippen LogP contribution in [0.15, 0.2) is 42.6 Å². The third-order valence-electron chi connectivity index (χ3n) is 2.66. The molecular weight excluding hydrogens is 267 g/mol. The smallest absolute Gasteiger partial charge is 0.251 e. The first-order chi connectivity index (χ1) is 9.08. The first-order valence-corrected chi connectivity index (χ1v) is 6.12. The fourth-order valence-electron chi connectivity index (χ4n) is 1.62. The first-order valence-electron chi connectivity index (χ1n) is 5.75. The van der Waals surface area contributed by atoms with Crippen LogP contribution in [0.5, 0.6) is 0 Å². The summed E-state index contributed by atoms with van der Waals surface area (Å²) in [5.74, 6) is -0.865. The lowest BCUT2D eigenvalue weighted by Crippen LogP contribution is -2.27. The zero-order valence-electron chi connectivity index (χ0n) is 10.2. The lowest BCUT2D eigenvalue weighted by atomic mass is 10.1. The van der Waals surface area contributed by atoms with Crippen LogP contribution in [0.3, 0.4) is 0 Å². The normalized spacial score (nSPS) is 11.9. The van der Waals surface area contributed by atoms with Gasteiger partial charge in [-0.15, -0.1) is 0 Å². The topological polar surface area (TPSA) is 42.0 Å². The van der Waals surface area contributed by atoms with Gasteiger partial charge in [-0.25, -0.2) is 4.39 Å². The molecular formula is C14H12ClFN2O. The van der Waals surface area contributed by atoms with Crippen LogP contribution in [-0.4, -0.2) is 10.9 Å². The maximum atomic E-state index is 13.0. The lowest BCUT2D eigenvalue weighted by Gasteiger charge is -2.13. The zero-order valence-corrected chi connectivity index (χ0v) is 11.0. The Bertz CT molecular complexity index is 589. The highest BCUT2D eigenvalue weighted by Gasteiger charge is 2.13. The minimum Gasteiger partial charge on any atom is -0.344 e. The molecule has 1 unspecified atom stereocenters. The Labute approximate surface area is 115 Å². The minimum atomic E-state index is -0.545. The molecule has 5 heteroatoms. The third-order valence-corrected chi connectivity index (χ3v) is 2.95. The van der Waals surface area contributed by atoms with Crippen molar-refractivity contribution in [2.45, 2.75) is 13.0 Å². The molecule has 19 heavy (non-hydrogen) atoms. The standard InChI is InChI=1S/C14H12ClFN2O/c1-9(13-4-2-3-7-17-13)18-14(19)10-5-6-12(16)11(15)8-10/h2-9H,1H3,(H,18,19). The van der Waals surface area contributed by atoms with E-state index >= 15 is 0 Å². The molecule has 0 saturated heterocycles. The zero-order chi connectivity index (χ0) is 13.8. The number of hydrogen-bond acceptors (Lipinski definition) is 2. The monoisotopic (exact) mass is 278 g/mol. The molecule has 0 saturated carbocycles. The van der Waals surface area contributed by atoms with Gasteiger partial charge in [0.25, 0.3) is 5.91 Å². The summed E-state index contributed by atoms with van der Waals surface area (Å²) in [5.41, 5.74) is 1.07. The maximum absolute atomic E-state index is 13.0. The summed E-state index contributed by atoms with van der Waals surface area (Å²) < 4.78 is 13.0. The van der Waals surface area contributed by atoms with Crippen LogP contribution in [0.4, 0.5) is 4.39 Å². The number of pyridine rings is 1. The number of nitrogens with one attached hydrogen (secondary N) is 1. The quantitative estimate of drug-likeness (QED) is 0.935. The van der Waals surface area contributed by atoms with Crippen molar-refractivity contribution in [3.8, 4) is 0 Å². The van der Waals surface area contributed by atoms with Gasteiger partial charge < -0.3 is 5.32 Å². The maximum Gasteiger partial charge on any atom is 0.251 e. The van der Waals surface area contributed by atoms with Gasteiger partial charge in [-0.1, -0.05) is 17.7 Å². The SMILES string of the molecule is CC(NC(=O)c1ccc(F)c(Cl)c1)c1ccccn1. The molecule has 0 fully saturated rings. The Balaban J connectivity index is 2.11. The summed E-state index contributed by atoms with van der Waals surface area (Å²) in [6.07, 6.45) is 1.66. The van der Waals surface area contributed by atoms with E-state index in [0.29, 0.717) is 5.56 Å². The van der Waals surface area contributed by atoms with E-state index in [1.165, 1.54) is 18.2 Å². The van der Waals surface area contributed by atoms with Gasteiger partial charge in [0.05, 0.1) is 16.8 Å². The molecule has 1 aromatic heterocycles. The molecule has 2 rings (SSSR count). The van der Waals surface area contributed by atoms with Crippen molar-refractivity contribution in [1.29, 1.82) is 0 Å². The van der Waals surface area contributed by atoms with Crippen molar-refractivity contribution < 1.29 is 9.18 Å². The molecule has 0 aliphatic carbocycles. The highest BCUT2D eigenvalue weighted by atomic mass is 35.5. The first kappa shape index (κ1) is 13.5. The molecule has 0 bridgehead atoms. The average molecular weight is 279 g/mol. The van der Waals surface area contributed by atoms with E-state index in [4.69, 9.17) is 11.6 Å². The Morgan fingerprint density at radius 1 is 1.37 bits per heavy atom. The molecule has 1 heterocycles. The Kier molecular flexibility index (Phi) is 4.12. The second-order valence-corrected chi connectivity index (χ2v) is 4.49. The molecule has 0 aliphatic heterocycles. The molecule has 3 nitrogen and oxygen atoms in total. The summed E-state index contributed by atoms with van der Waals surface area (Å²) in [7, 11) is 0. The van der Waals surface area contributed by atoms with Gasteiger partial charge in [0.15, 0.2) is 0 Å². The van der Waals surface area contributed by atoms with Crippen LogP contribution in [0.2, 0.25) is 5.02 Å². The number of hydrogen-bond donors (Lipinski definition) is 1. The van der Waals surface area contributed by atoms with Gasteiger partial charge in [-0.2, -0.15) is 0 Å². The highest BCUT2D eigenvalue weighted by Crippen LogP contribution is 2.17. The fourth-order valence-corrected chi connectivity index (χ4v) is 1.80. The second kappa shape index (κ2) is 5.80. The number of amides is 1. The van der Waals surface area contributed by atoms with Crippen LogP contribution in [0.25, 0.3) is 0 Å². The van der Waals surface area contributed by atoms with Crippen molar-refractivity contribution in [2.75, 3.05) is 0 Å². The number of carbonyl (C=O) groups is 1. The summed E-state index contributed by atoms with van der Waals surface area (Å²) in [4.78, 5) is 16.1. The van der Waals surface area contributed by atoms with E-state index in [1.54, 1.807) is 12.3 Å². The van der Waals surface area contributed by atoms with Crippen LogP contribution in [0.1, 0.15) is 29.0 Å². The molecule has 1 aromatic carbocycles. The second-order valence-electron chi connectivity index (χ2n) is 4.08.